The molecule has 0 spiro atoms. The predicted molar refractivity (Wildman–Crippen MR) is 121 cm³/mol. The highest BCUT2D eigenvalue weighted by Gasteiger charge is 2.37. The average Bonchev–Trinajstić information content (AvgIpc) is 3.47. The lowest BCUT2D eigenvalue weighted by molar-refractivity contribution is -0.141. The lowest BCUT2D eigenvalue weighted by Crippen LogP contribution is -2.49. The predicted octanol–water partition coefficient (Wildman–Crippen LogP) is 3.43. The summed E-state index contributed by atoms with van der Waals surface area (Å²) in [5.74, 6) is 1.08. The molecule has 5 rings (SSSR count). The van der Waals surface area contributed by atoms with Crippen LogP contribution in [0.4, 0.5) is 19.0 Å². The zero-order chi connectivity index (χ0) is 24.1. The number of aliphatic imine (C=N–C) groups is 1. The van der Waals surface area contributed by atoms with Gasteiger partial charge >= 0.3 is 6.18 Å². The first-order chi connectivity index (χ1) is 16.1. The van der Waals surface area contributed by atoms with Gasteiger partial charge in [-0.2, -0.15) is 13.2 Å². The van der Waals surface area contributed by atoms with Crippen LogP contribution in [0.2, 0.25) is 0 Å². The van der Waals surface area contributed by atoms with Crippen LogP contribution < -0.4 is 4.90 Å². The van der Waals surface area contributed by atoms with E-state index in [4.69, 9.17) is 0 Å². The molecular weight excluding hydrogens is 447 g/mol. The number of piperidine rings is 1. The normalized spacial score (nSPS) is 21.4. The Hall–Kier alpha value is -3.34. The second-order valence-electron chi connectivity index (χ2n) is 9.27. The molecule has 1 N–H and O–H groups in total. The lowest BCUT2D eigenvalue weighted by Gasteiger charge is -2.43. The molecule has 0 saturated carbocycles. The number of halogens is 3. The maximum absolute atomic E-state index is 13.2. The van der Waals surface area contributed by atoms with Crippen LogP contribution in [0.5, 0.6) is 0 Å². The van der Waals surface area contributed by atoms with E-state index in [1.165, 1.54) is 10.6 Å². The molecule has 3 aromatic rings. The van der Waals surface area contributed by atoms with Gasteiger partial charge in [0.25, 0.3) is 0 Å². The van der Waals surface area contributed by atoms with Gasteiger partial charge in [0.2, 0.25) is 0 Å². The van der Waals surface area contributed by atoms with E-state index in [0.717, 1.165) is 24.4 Å². The van der Waals surface area contributed by atoms with Crippen LogP contribution in [0.1, 0.15) is 26.0 Å². The molecule has 11 heteroatoms. The van der Waals surface area contributed by atoms with Gasteiger partial charge in [-0.1, -0.05) is 6.08 Å². The largest absolute Gasteiger partial charge is 0.434 e. The average molecular weight is 471 g/mol. The first-order valence-electron chi connectivity index (χ1n) is 11.0. The third kappa shape index (κ3) is 4.27. The smallest absolute Gasteiger partial charge is 0.390 e. The number of aliphatic hydroxyl groups is 1. The first kappa shape index (κ1) is 22.5. The highest BCUT2D eigenvalue weighted by molar-refractivity contribution is 5.81. The van der Waals surface area contributed by atoms with Gasteiger partial charge in [-0.15, -0.1) is 0 Å². The van der Waals surface area contributed by atoms with Crippen LogP contribution >= 0.6 is 0 Å². The molecule has 2 unspecified atom stereocenters. The number of anilines is 1. The summed E-state index contributed by atoms with van der Waals surface area (Å²) >= 11 is 0. The fourth-order valence-corrected chi connectivity index (χ4v) is 4.53. The number of nitrogens with zero attached hydrogens (tertiary/aromatic N) is 7. The van der Waals surface area contributed by atoms with Crippen molar-refractivity contribution < 1.29 is 18.3 Å². The Balaban J connectivity index is 1.50. The summed E-state index contributed by atoms with van der Waals surface area (Å²) in [6.45, 7) is 5.57. The third-order valence-corrected chi connectivity index (χ3v) is 6.47. The van der Waals surface area contributed by atoms with E-state index < -0.39 is 17.5 Å². The van der Waals surface area contributed by atoms with Crippen LogP contribution in [0.15, 0.2) is 47.5 Å². The van der Waals surface area contributed by atoms with Crippen LogP contribution in [0.25, 0.3) is 17.2 Å². The minimum atomic E-state index is -4.58. The molecule has 0 bridgehead atoms. The van der Waals surface area contributed by atoms with Gasteiger partial charge in [0, 0.05) is 43.5 Å². The zero-order valence-corrected chi connectivity index (χ0v) is 18.7. The highest BCUT2D eigenvalue weighted by atomic mass is 19.4. The fraction of sp³-hybridized carbons (Fsp3) is 0.435. The van der Waals surface area contributed by atoms with E-state index in [1.54, 1.807) is 12.3 Å². The van der Waals surface area contributed by atoms with E-state index in [2.05, 4.69) is 35.9 Å². The van der Waals surface area contributed by atoms with Crippen molar-refractivity contribution in [3.63, 3.8) is 0 Å². The SMILES string of the molecule is CC(C)(O)C1CC(C2=CCN=C2)CN(c2ccnc(-c3cnc4cnc(C(F)(F)F)cn34)n2)C1. The second kappa shape index (κ2) is 8.15. The van der Waals surface area contributed by atoms with Crippen LogP contribution in [0.3, 0.4) is 0 Å². The van der Waals surface area contributed by atoms with Gasteiger partial charge < -0.3 is 10.0 Å². The van der Waals surface area contributed by atoms with Crippen molar-refractivity contribution in [1.82, 2.24) is 24.3 Å². The van der Waals surface area contributed by atoms with Crippen molar-refractivity contribution in [3.8, 4) is 11.5 Å². The number of hydrogen-bond donors (Lipinski definition) is 1. The molecule has 3 aromatic heterocycles. The quantitative estimate of drug-likeness (QED) is 0.627. The Morgan fingerprint density at radius 2 is 1.91 bits per heavy atom. The van der Waals surface area contributed by atoms with Gasteiger partial charge in [-0.3, -0.25) is 9.39 Å². The van der Waals surface area contributed by atoms with E-state index >= 15 is 0 Å². The van der Waals surface area contributed by atoms with E-state index in [1.807, 2.05) is 20.1 Å². The van der Waals surface area contributed by atoms with Gasteiger partial charge in [-0.25, -0.2) is 19.9 Å². The number of rotatable bonds is 4. The minimum absolute atomic E-state index is 0.00391. The van der Waals surface area contributed by atoms with Gasteiger partial charge in [0.1, 0.15) is 11.5 Å². The van der Waals surface area contributed by atoms with Crippen LogP contribution in [-0.2, 0) is 6.18 Å². The molecule has 0 aromatic carbocycles. The standard InChI is InChI=1S/C23H24F3N7O/c1-22(2,34)16-7-15(14-3-5-27-8-14)11-32(12-16)19-4-6-28-21(31-19)17-9-30-20-10-29-18(13-33(17)20)23(24,25)26/h3-4,6,8-10,13,15-16,34H,5,7,11-12H2,1-2H3. The molecule has 5 heterocycles. The van der Waals surface area contributed by atoms with Crippen molar-refractivity contribution in [2.45, 2.75) is 32.0 Å². The number of alkyl halides is 3. The lowest BCUT2D eigenvalue weighted by atomic mass is 9.77. The van der Waals surface area contributed by atoms with Crippen molar-refractivity contribution >= 4 is 17.7 Å². The molecule has 2 aliphatic heterocycles. The fourth-order valence-electron chi connectivity index (χ4n) is 4.53. The molecule has 1 saturated heterocycles. The molecule has 0 amide bonds. The Morgan fingerprint density at radius 3 is 2.62 bits per heavy atom. The number of aromatic nitrogens is 5. The highest BCUT2D eigenvalue weighted by Crippen LogP contribution is 2.36. The Kier molecular flexibility index (Phi) is 5.38. The summed E-state index contributed by atoms with van der Waals surface area (Å²) < 4.78 is 40.9. The molecule has 34 heavy (non-hydrogen) atoms. The zero-order valence-electron chi connectivity index (χ0n) is 18.7. The Morgan fingerprint density at radius 1 is 1.09 bits per heavy atom. The van der Waals surface area contributed by atoms with Crippen molar-refractivity contribution in [2.75, 3.05) is 24.5 Å². The molecule has 0 radical (unpaired) electrons. The molecule has 2 aliphatic rings. The summed E-state index contributed by atoms with van der Waals surface area (Å²) in [4.78, 5) is 23.0. The van der Waals surface area contributed by atoms with E-state index in [0.29, 0.717) is 31.1 Å². The number of hydrogen-bond acceptors (Lipinski definition) is 7. The monoisotopic (exact) mass is 471 g/mol. The first-order valence-corrected chi connectivity index (χ1v) is 11.0. The van der Waals surface area contributed by atoms with E-state index in [9.17, 15) is 18.3 Å². The molecule has 8 nitrogen and oxygen atoms in total. The van der Waals surface area contributed by atoms with Crippen LogP contribution in [-0.4, -0.2) is 60.9 Å². The van der Waals surface area contributed by atoms with Gasteiger partial charge in [0.05, 0.1) is 24.5 Å². The Bertz CT molecular complexity index is 1280. The van der Waals surface area contributed by atoms with E-state index in [-0.39, 0.29) is 23.3 Å². The van der Waals surface area contributed by atoms with Crippen molar-refractivity contribution in [3.05, 3.63) is 48.2 Å². The maximum atomic E-state index is 13.2. The Labute approximate surface area is 193 Å². The number of imidazole rings is 1. The summed E-state index contributed by atoms with van der Waals surface area (Å²) in [5.41, 5.74) is -0.144. The summed E-state index contributed by atoms with van der Waals surface area (Å²) in [6, 6.07) is 1.77. The molecular formula is C23H24F3N7O. The van der Waals surface area contributed by atoms with Gasteiger partial charge in [0.15, 0.2) is 17.2 Å². The maximum Gasteiger partial charge on any atom is 0.434 e. The van der Waals surface area contributed by atoms with Crippen molar-refractivity contribution in [2.24, 2.45) is 16.8 Å². The third-order valence-electron chi connectivity index (χ3n) is 6.47. The number of fused-ring (bicyclic) bond motifs is 1. The van der Waals surface area contributed by atoms with Crippen molar-refractivity contribution in [1.29, 1.82) is 0 Å². The van der Waals surface area contributed by atoms with Crippen LogP contribution in [0, 0.1) is 11.8 Å². The van der Waals surface area contributed by atoms with Gasteiger partial charge in [-0.05, 0) is 31.9 Å². The molecule has 0 aliphatic carbocycles. The minimum Gasteiger partial charge on any atom is -0.390 e. The summed E-state index contributed by atoms with van der Waals surface area (Å²) in [5, 5.41) is 10.8. The topological polar surface area (TPSA) is 91.8 Å². The summed E-state index contributed by atoms with van der Waals surface area (Å²) in [7, 11) is 0. The second-order valence-corrected chi connectivity index (χ2v) is 9.27. The summed E-state index contributed by atoms with van der Waals surface area (Å²) in [6.07, 6.45) is 5.26. The molecule has 2 atom stereocenters. The molecule has 178 valence electrons. The molecule has 1 fully saturated rings.